The summed E-state index contributed by atoms with van der Waals surface area (Å²) in [7, 11) is 0. The molecule has 0 bridgehead atoms. The lowest BCUT2D eigenvalue weighted by Crippen LogP contribution is -2.34. The molecule has 2 aromatic rings. The van der Waals surface area contributed by atoms with Gasteiger partial charge in [0, 0.05) is 24.5 Å². The first-order valence-corrected chi connectivity index (χ1v) is 11.1. The number of piperidine rings is 1. The van der Waals surface area contributed by atoms with Crippen molar-refractivity contribution in [3.05, 3.63) is 65.5 Å². The van der Waals surface area contributed by atoms with Crippen LogP contribution in [0.2, 0.25) is 0 Å². The summed E-state index contributed by atoms with van der Waals surface area (Å²) < 4.78 is 12.9. The van der Waals surface area contributed by atoms with Gasteiger partial charge in [-0.2, -0.15) is 0 Å². The van der Waals surface area contributed by atoms with Gasteiger partial charge < -0.3 is 10.2 Å². The Kier molecular flexibility index (Phi) is 7.37. The van der Waals surface area contributed by atoms with Gasteiger partial charge in [0.2, 0.25) is 5.91 Å². The lowest BCUT2D eigenvalue weighted by Gasteiger charge is -2.33. The van der Waals surface area contributed by atoms with Gasteiger partial charge in [-0.25, -0.2) is 4.39 Å². The van der Waals surface area contributed by atoms with Gasteiger partial charge >= 0.3 is 0 Å². The van der Waals surface area contributed by atoms with E-state index in [-0.39, 0.29) is 17.8 Å². The number of thioether (sulfide) groups is 1. The second-order valence-electron chi connectivity index (χ2n) is 7.69. The first-order chi connectivity index (χ1) is 13.5. The maximum absolute atomic E-state index is 12.9. The monoisotopic (exact) mass is 400 g/mol. The zero-order valence-electron chi connectivity index (χ0n) is 16.7. The van der Waals surface area contributed by atoms with Gasteiger partial charge in [0.1, 0.15) is 5.82 Å². The van der Waals surface area contributed by atoms with Gasteiger partial charge in [0.15, 0.2) is 0 Å². The molecule has 0 unspecified atom stereocenters. The summed E-state index contributed by atoms with van der Waals surface area (Å²) in [6.45, 7) is 6.57. The van der Waals surface area contributed by atoms with E-state index in [9.17, 15) is 9.18 Å². The van der Waals surface area contributed by atoms with Crippen LogP contribution in [-0.4, -0.2) is 24.7 Å². The molecule has 1 N–H and O–H groups in total. The quantitative estimate of drug-likeness (QED) is 0.696. The first-order valence-electron chi connectivity index (χ1n) is 9.97. The molecule has 0 saturated carbocycles. The number of halogens is 1. The van der Waals surface area contributed by atoms with Crippen molar-refractivity contribution in [2.75, 3.05) is 23.7 Å². The van der Waals surface area contributed by atoms with Gasteiger partial charge in [-0.15, -0.1) is 11.8 Å². The lowest BCUT2D eigenvalue weighted by molar-refractivity contribution is -0.119. The van der Waals surface area contributed by atoms with Gasteiger partial charge in [-0.1, -0.05) is 31.2 Å². The molecule has 28 heavy (non-hydrogen) atoms. The Balaban J connectivity index is 1.45. The van der Waals surface area contributed by atoms with Crippen LogP contribution in [0.3, 0.4) is 0 Å². The van der Waals surface area contributed by atoms with Crippen LogP contribution < -0.4 is 10.2 Å². The van der Waals surface area contributed by atoms with E-state index in [2.05, 4.69) is 41.4 Å². The van der Waals surface area contributed by atoms with E-state index in [1.807, 2.05) is 6.92 Å². The molecule has 0 aliphatic carbocycles. The third-order valence-corrected chi connectivity index (χ3v) is 6.21. The highest BCUT2D eigenvalue weighted by molar-refractivity contribution is 7.99. The molecule has 3 rings (SSSR count). The van der Waals surface area contributed by atoms with Gasteiger partial charge in [0.25, 0.3) is 0 Å². The molecule has 3 nitrogen and oxygen atoms in total. The maximum atomic E-state index is 12.9. The van der Waals surface area contributed by atoms with E-state index >= 15 is 0 Å². The van der Waals surface area contributed by atoms with Crippen molar-refractivity contribution in [2.24, 2.45) is 5.92 Å². The number of carbonyl (C=O) groups is 1. The van der Waals surface area contributed by atoms with Crippen LogP contribution in [0.25, 0.3) is 0 Å². The van der Waals surface area contributed by atoms with Crippen LogP contribution >= 0.6 is 11.8 Å². The Morgan fingerprint density at radius 3 is 2.61 bits per heavy atom. The van der Waals surface area contributed by atoms with Crippen LogP contribution in [-0.2, 0) is 10.5 Å². The van der Waals surface area contributed by atoms with Crippen LogP contribution in [0.5, 0.6) is 0 Å². The third-order valence-electron chi connectivity index (χ3n) is 5.21. The molecule has 1 aliphatic rings. The number of carbonyl (C=O) groups excluding carboxylic acids is 1. The second kappa shape index (κ2) is 9.97. The van der Waals surface area contributed by atoms with Crippen molar-refractivity contribution in [1.29, 1.82) is 0 Å². The van der Waals surface area contributed by atoms with Crippen molar-refractivity contribution in [3.8, 4) is 0 Å². The van der Waals surface area contributed by atoms with Gasteiger partial charge in [0.05, 0.1) is 11.8 Å². The smallest absolute Gasteiger partial charge is 0.230 e. The van der Waals surface area contributed by atoms with Crippen molar-refractivity contribution in [2.45, 2.75) is 38.5 Å². The molecule has 0 spiro atoms. The number of hydrogen-bond acceptors (Lipinski definition) is 3. The Morgan fingerprint density at radius 2 is 1.93 bits per heavy atom. The summed E-state index contributed by atoms with van der Waals surface area (Å²) in [5, 5.41) is 3.06. The molecule has 1 heterocycles. The van der Waals surface area contributed by atoms with Gasteiger partial charge in [-0.05, 0) is 61.1 Å². The molecule has 1 amide bonds. The number of rotatable bonds is 7. The molecule has 0 aromatic heterocycles. The summed E-state index contributed by atoms with van der Waals surface area (Å²) >= 11 is 1.54. The number of benzene rings is 2. The van der Waals surface area contributed by atoms with E-state index in [0.717, 1.165) is 30.1 Å². The molecule has 2 atom stereocenters. The van der Waals surface area contributed by atoms with E-state index < -0.39 is 0 Å². The fourth-order valence-electron chi connectivity index (χ4n) is 3.61. The minimum absolute atomic E-state index is 0.0201. The highest BCUT2D eigenvalue weighted by atomic mass is 32.2. The van der Waals surface area contributed by atoms with Crippen molar-refractivity contribution >= 4 is 23.4 Å². The topological polar surface area (TPSA) is 32.3 Å². The number of hydrogen-bond donors (Lipinski definition) is 1. The Morgan fingerprint density at radius 1 is 1.21 bits per heavy atom. The Labute approximate surface area is 171 Å². The van der Waals surface area contributed by atoms with Crippen LogP contribution in [0, 0.1) is 11.7 Å². The lowest BCUT2D eigenvalue weighted by atomic mass is 9.99. The average Bonchev–Trinajstić information content (AvgIpc) is 2.69. The largest absolute Gasteiger partial charge is 0.371 e. The maximum Gasteiger partial charge on any atom is 0.230 e. The SMILES string of the molecule is C[C@H]1CCCN(c2ccc([C@H](C)NC(=O)CSCc3ccc(F)cc3)cc2)C1. The second-order valence-corrected chi connectivity index (χ2v) is 8.68. The van der Waals surface area contributed by atoms with Crippen LogP contribution in [0.1, 0.15) is 43.9 Å². The predicted molar refractivity (Wildman–Crippen MR) is 116 cm³/mol. The minimum Gasteiger partial charge on any atom is -0.371 e. The predicted octanol–water partition coefficient (Wildman–Crippen LogP) is 5.17. The Hall–Kier alpha value is -2.01. The van der Waals surface area contributed by atoms with E-state index in [0.29, 0.717) is 11.5 Å². The summed E-state index contributed by atoms with van der Waals surface area (Å²) in [4.78, 5) is 14.7. The first kappa shape index (κ1) is 20.7. The fraction of sp³-hybridized carbons (Fsp3) is 0.435. The summed E-state index contributed by atoms with van der Waals surface area (Å²) in [6.07, 6.45) is 2.57. The molecule has 150 valence electrons. The summed E-state index contributed by atoms with van der Waals surface area (Å²) in [5.41, 5.74) is 3.41. The van der Waals surface area contributed by atoms with Crippen molar-refractivity contribution in [1.82, 2.24) is 5.32 Å². The van der Waals surface area contributed by atoms with E-state index in [4.69, 9.17) is 0 Å². The molecular weight excluding hydrogens is 371 g/mol. The van der Waals surface area contributed by atoms with E-state index in [1.54, 1.807) is 12.1 Å². The Bertz CT molecular complexity index is 763. The standard InChI is InChI=1S/C23H29FN2OS/c1-17-4-3-13-26(14-17)22-11-7-20(8-12-22)18(2)25-23(27)16-28-15-19-5-9-21(24)10-6-19/h5-12,17-18H,3-4,13-16H2,1-2H3,(H,25,27)/t17-,18-/m0/s1. The summed E-state index contributed by atoms with van der Waals surface area (Å²) in [6, 6.07) is 15.0. The number of nitrogens with one attached hydrogen (secondary N) is 1. The van der Waals surface area contributed by atoms with Gasteiger partial charge in [-0.3, -0.25) is 4.79 Å². The number of anilines is 1. The summed E-state index contributed by atoms with van der Waals surface area (Å²) in [5.74, 6) is 1.63. The number of amides is 1. The highest BCUT2D eigenvalue weighted by Crippen LogP contribution is 2.24. The third kappa shape index (κ3) is 5.99. The normalized spacial score (nSPS) is 18.0. The van der Waals surface area contributed by atoms with Crippen molar-refractivity contribution < 1.29 is 9.18 Å². The zero-order chi connectivity index (χ0) is 19.9. The molecular formula is C23H29FN2OS. The number of nitrogens with zero attached hydrogens (tertiary/aromatic N) is 1. The van der Waals surface area contributed by atoms with Crippen LogP contribution in [0.4, 0.5) is 10.1 Å². The molecule has 0 radical (unpaired) electrons. The average molecular weight is 401 g/mol. The zero-order valence-corrected chi connectivity index (χ0v) is 17.5. The molecule has 1 saturated heterocycles. The van der Waals surface area contributed by atoms with Crippen LogP contribution in [0.15, 0.2) is 48.5 Å². The molecule has 5 heteroatoms. The molecule has 2 aromatic carbocycles. The minimum atomic E-state index is -0.235. The molecule has 1 fully saturated rings. The highest BCUT2D eigenvalue weighted by Gasteiger charge is 2.17. The van der Waals surface area contributed by atoms with Crippen molar-refractivity contribution in [3.63, 3.8) is 0 Å². The molecule has 1 aliphatic heterocycles. The van der Waals surface area contributed by atoms with E-state index in [1.165, 1.54) is 42.4 Å². The fourth-order valence-corrected chi connectivity index (χ4v) is 4.41.